The number of rotatable bonds is 8. The maximum Gasteiger partial charge on any atom is 0.309 e. The van der Waals surface area contributed by atoms with Gasteiger partial charge in [0.15, 0.2) is 0 Å². The topological polar surface area (TPSA) is 73.6 Å². The maximum absolute atomic E-state index is 11.7. The molecule has 3 aromatic rings. The molecule has 0 atom stereocenters. The van der Waals surface area contributed by atoms with Crippen molar-refractivity contribution < 1.29 is 18.7 Å². The van der Waals surface area contributed by atoms with E-state index in [9.17, 15) is 4.79 Å². The van der Waals surface area contributed by atoms with Crippen LogP contribution in [0, 0.1) is 6.92 Å². The van der Waals surface area contributed by atoms with Crippen molar-refractivity contribution in [3.63, 3.8) is 0 Å². The molecular weight excluding hydrogens is 392 g/mol. The van der Waals surface area contributed by atoms with E-state index in [4.69, 9.17) is 13.9 Å². The molecule has 2 aromatic carbocycles. The van der Waals surface area contributed by atoms with Gasteiger partial charge in [-0.25, -0.2) is 4.98 Å². The zero-order valence-corrected chi connectivity index (χ0v) is 17.8. The molecule has 0 bridgehead atoms. The highest BCUT2D eigenvalue weighted by Crippen LogP contribution is 2.27. The van der Waals surface area contributed by atoms with Gasteiger partial charge in [-0.2, -0.15) is 0 Å². The van der Waals surface area contributed by atoms with Gasteiger partial charge in [0, 0.05) is 25.1 Å². The minimum absolute atomic E-state index is 0.221. The molecule has 1 N–H and O–H groups in total. The average molecular weight is 418 g/mol. The quantitative estimate of drug-likeness (QED) is 0.553. The third-order valence-corrected chi connectivity index (χ3v) is 5.36. The number of carbonyl (C=O) groups is 1. The lowest BCUT2D eigenvalue weighted by molar-refractivity contribution is -0.139. The molecule has 0 amide bonds. The van der Waals surface area contributed by atoms with Crippen molar-refractivity contribution in [3.8, 4) is 17.2 Å². The van der Waals surface area contributed by atoms with Crippen LogP contribution in [0.1, 0.15) is 23.4 Å². The highest BCUT2D eigenvalue weighted by atomic mass is 16.5. The number of hydrogen-bond acceptors (Lipinski definition) is 6. The maximum atomic E-state index is 11.7. The number of esters is 1. The van der Waals surface area contributed by atoms with E-state index in [1.165, 1.54) is 7.11 Å². The van der Waals surface area contributed by atoms with Gasteiger partial charge in [0.2, 0.25) is 5.89 Å². The zero-order valence-electron chi connectivity index (χ0n) is 17.8. The predicted molar refractivity (Wildman–Crippen MR) is 119 cm³/mol. The Balaban J connectivity index is 1.41. The Hall–Kier alpha value is -3.38. The number of nitrogens with one attached hydrogen (secondary N) is 1. The Kier molecular flexibility index (Phi) is 6.48. The van der Waals surface area contributed by atoms with Crippen molar-refractivity contribution >= 4 is 11.5 Å². The Morgan fingerprint density at radius 2 is 1.90 bits per heavy atom. The molecule has 6 heteroatoms. The number of aryl methyl sites for hydroxylation is 1. The number of benzene rings is 2. The lowest BCUT2D eigenvalue weighted by atomic mass is 10.0. The summed E-state index contributed by atoms with van der Waals surface area (Å²) in [4.78, 5) is 16.3. The van der Waals surface area contributed by atoms with Crippen molar-refractivity contribution in [1.29, 1.82) is 0 Å². The van der Waals surface area contributed by atoms with Crippen LogP contribution in [0.25, 0.3) is 17.0 Å². The smallest absolute Gasteiger partial charge is 0.309 e. The second-order valence-electron chi connectivity index (χ2n) is 7.45. The summed E-state index contributed by atoms with van der Waals surface area (Å²) in [5, 5.41) is 3.32. The van der Waals surface area contributed by atoms with Crippen molar-refractivity contribution in [1.82, 2.24) is 10.3 Å². The van der Waals surface area contributed by atoms with Crippen molar-refractivity contribution in [2.75, 3.05) is 26.8 Å². The molecule has 0 radical (unpaired) electrons. The summed E-state index contributed by atoms with van der Waals surface area (Å²) in [7, 11) is 1.42. The van der Waals surface area contributed by atoms with Crippen LogP contribution in [0.2, 0.25) is 0 Å². The van der Waals surface area contributed by atoms with Gasteiger partial charge in [-0.15, -0.1) is 0 Å². The average Bonchev–Trinajstić information content (AvgIpc) is 3.41. The van der Waals surface area contributed by atoms with Gasteiger partial charge in [0.25, 0.3) is 0 Å². The molecule has 0 unspecified atom stereocenters. The first kappa shape index (κ1) is 20.9. The number of hydrogen-bond donors (Lipinski definition) is 1. The number of nitrogens with zero attached hydrogens (tertiary/aromatic N) is 1. The number of ether oxygens (including phenoxy) is 2. The Labute approximate surface area is 181 Å². The molecule has 0 saturated carbocycles. The molecule has 1 aliphatic heterocycles. The zero-order chi connectivity index (χ0) is 21.6. The third kappa shape index (κ3) is 5.03. The summed E-state index contributed by atoms with van der Waals surface area (Å²) in [6.45, 7) is 3.86. The van der Waals surface area contributed by atoms with E-state index in [0.717, 1.165) is 46.0 Å². The highest BCUT2D eigenvalue weighted by molar-refractivity contribution is 5.80. The van der Waals surface area contributed by atoms with Crippen LogP contribution >= 0.6 is 0 Å². The van der Waals surface area contributed by atoms with Crippen LogP contribution in [-0.2, 0) is 16.0 Å². The standard InChI is InChI=1S/C25H26N2O4/c1-17-23(27-25(31-17)18-7-4-3-5-8-18)11-12-30-21-10-6-9-19(13-21)22-16-26-15-20(22)14-24(28)29-2/h3-10,13,26H,11-12,14-16H2,1-2H3. The minimum Gasteiger partial charge on any atom is -0.493 e. The second kappa shape index (κ2) is 9.62. The molecule has 0 saturated heterocycles. The van der Waals surface area contributed by atoms with E-state index < -0.39 is 0 Å². The van der Waals surface area contributed by atoms with Crippen LogP contribution in [0.3, 0.4) is 0 Å². The first-order valence-electron chi connectivity index (χ1n) is 10.4. The van der Waals surface area contributed by atoms with Crippen LogP contribution in [-0.4, -0.2) is 37.8 Å². The molecule has 1 aliphatic rings. The third-order valence-electron chi connectivity index (χ3n) is 5.36. The molecular formula is C25H26N2O4. The number of aromatic nitrogens is 1. The highest BCUT2D eigenvalue weighted by Gasteiger charge is 2.19. The van der Waals surface area contributed by atoms with E-state index in [1.54, 1.807) is 0 Å². The van der Waals surface area contributed by atoms with Crippen molar-refractivity contribution in [3.05, 3.63) is 77.2 Å². The molecule has 0 spiro atoms. The van der Waals surface area contributed by atoms with Crippen molar-refractivity contribution in [2.24, 2.45) is 0 Å². The van der Waals surface area contributed by atoms with Gasteiger partial charge in [0.05, 0.1) is 25.8 Å². The Morgan fingerprint density at radius 1 is 1.10 bits per heavy atom. The Morgan fingerprint density at radius 3 is 2.71 bits per heavy atom. The minimum atomic E-state index is -0.221. The van der Waals surface area contributed by atoms with Gasteiger partial charge >= 0.3 is 5.97 Å². The number of carbonyl (C=O) groups excluding carboxylic acids is 1. The molecule has 6 nitrogen and oxygen atoms in total. The summed E-state index contributed by atoms with van der Waals surface area (Å²) in [6.07, 6.45) is 0.962. The summed E-state index contributed by atoms with van der Waals surface area (Å²) in [6, 6.07) is 17.9. The fraction of sp³-hybridized carbons (Fsp3) is 0.280. The van der Waals surface area contributed by atoms with E-state index in [-0.39, 0.29) is 5.97 Å². The van der Waals surface area contributed by atoms with Gasteiger partial charge < -0.3 is 19.2 Å². The normalized spacial score (nSPS) is 13.5. The van der Waals surface area contributed by atoms with Gasteiger partial charge in [0.1, 0.15) is 11.5 Å². The molecule has 0 fully saturated rings. The first-order chi connectivity index (χ1) is 15.1. The van der Waals surface area contributed by atoms with Crippen LogP contribution in [0.15, 0.2) is 64.6 Å². The Bertz CT molecular complexity index is 1090. The fourth-order valence-corrected chi connectivity index (χ4v) is 3.70. The molecule has 4 rings (SSSR count). The molecule has 2 heterocycles. The summed E-state index contributed by atoms with van der Waals surface area (Å²) < 4.78 is 16.6. The van der Waals surface area contributed by atoms with E-state index in [1.807, 2.05) is 61.5 Å². The van der Waals surface area contributed by atoms with Gasteiger partial charge in [-0.05, 0) is 47.9 Å². The molecule has 160 valence electrons. The number of oxazole rings is 1. The van der Waals surface area contributed by atoms with Gasteiger partial charge in [-0.1, -0.05) is 30.3 Å². The first-order valence-corrected chi connectivity index (χ1v) is 10.4. The van der Waals surface area contributed by atoms with Crippen LogP contribution < -0.4 is 10.1 Å². The monoisotopic (exact) mass is 418 g/mol. The molecule has 1 aromatic heterocycles. The van der Waals surface area contributed by atoms with Gasteiger partial charge in [-0.3, -0.25) is 4.79 Å². The summed E-state index contributed by atoms with van der Waals surface area (Å²) in [5.41, 5.74) is 5.13. The summed E-state index contributed by atoms with van der Waals surface area (Å²) in [5.74, 6) is 2.01. The van der Waals surface area contributed by atoms with E-state index >= 15 is 0 Å². The molecule has 31 heavy (non-hydrogen) atoms. The summed E-state index contributed by atoms with van der Waals surface area (Å²) >= 11 is 0. The lowest BCUT2D eigenvalue weighted by Crippen LogP contribution is -2.10. The number of methoxy groups -OCH3 is 1. The second-order valence-corrected chi connectivity index (χ2v) is 7.45. The predicted octanol–water partition coefficient (Wildman–Crippen LogP) is 4.19. The SMILES string of the molecule is COC(=O)CC1=C(c2cccc(OCCc3nc(-c4ccccc4)oc3C)c2)CNC1. The molecule has 0 aliphatic carbocycles. The van der Waals surface area contributed by atoms with E-state index in [0.29, 0.717) is 31.9 Å². The fourth-order valence-electron chi connectivity index (χ4n) is 3.70. The van der Waals surface area contributed by atoms with Crippen LogP contribution in [0.4, 0.5) is 0 Å². The largest absolute Gasteiger partial charge is 0.493 e. The van der Waals surface area contributed by atoms with Crippen molar-refractivity contribution in [2.45, 2.75) is 19.8 Å². The van der Waals surface area contributed by atoms with Crippen LogP contribution in [0.5, 0.6) is 5.75 Å². The van der Waals surface area contributed by atoms with E-state index in [2.05, 4.69) is 10.3 Å². The lowest BCUT2D eigenvalue weighted by Gasteiger charge is -2.10.